The molecule has 0 atom stereocenters. The summed E-state index contributed by atoms with van der Waals surface area (Å²) in [5, 5.41) is 4.80. The summed E-state index contributed by atoms with van der Waals surface area (Å²) in [6.07, 6.45) is 0. The van der Waals surface area contributed by atoms with Crippen LogP contribution in [0.5, 0.6) is 0 Å². The minimum Gasteiger partial charge on any atom is -0.451 e. The average molecular weight is 463 g/mol. The van der Waals surface area contributed by atoms with Gasteiger partial charge in [-0.3, -0.25) is 4.79 Å². The summed E-state index contributed by atoms with van der Waals surface area (Å²) in [6.45, 7) is 1.89. The predicted molar refractivity (Wildman–Crippen MR) is 122 cm³/mol. The molecule has 0 radical (unpaired) electrons. The zero-order valence-corrected chi connectivity index (χ0v) is 17.8. The van der Waals surface area contributed by atoms with Gasteiger partial charge in [-0.2, -0.15) is 0 Å². The Hall–Kier alpha value is -2.96. The molecule has 0 aliphatic carbocycles. The number of fused-ring (bicyclic) bond motifs is 2. The van der Waals surface area contributed by atoms with Crippen LogP contribution in [0.3, 0.4) is 0 Å². The van der Waals surface area contributed by atoms with Crippen LogP contribution in [0.25, 0.3) is 31.8 Å². The van der Waals surface area contributed by atoms with Gasteiger partial charge in [0.2, 0.25) is 0 Å². The van der Waals surface area contributed by atoms with Gasteiger partial charge >= 0.3 is 0 Å². The lowest BCUT2D eigenvalue weighted by Crippen LogP contribution is -2.12. The third-order valence-corrected chi connectivity index (χ3v) is 6.34. The standard InChI is InChI=1S/C23H15BrN2O2S/c1-13-17-12-15(24)9-10-19(17)28-21(13)22(27)25-16-6-4-5-14(11-16)23-26-18-7-2-3-8-20(18)29-23/h2-12H,1H3,(H,25,27). The highest BCUT2D eigenvalue weighted by Crippen LogP contribution is 2.32. The van der Waals surface area contributed by atoms with Gasteiger partial charge in [-0.15, -0.1) is 11.3 Å². The molecule has 0 fully saturated rings. The van der Waals surface area contributed by atoms with Crippen LogP contribution in [0.15, 0.2) is 75.6 Å². The Balaban J connectivity index is 1.46. The van der Waals surface area contributed by atoms with Crippen molar-refractivity contribution < 1.29 is 9.21 Å². The fourth-order valence-electron chi connectivity index (χ4n) is 3.32. The van der Waals surface area contributed by atoms with Gasteiger partial charge in [0, 0.05) is 26.7 Å². The number of nitrogens with one attached hydrogen (secondary N) is 1. The first-order chi connectivity index (χ1) is 14.1. The summed E-state index contributed by atoms with van der Waals surface area (Å²) in [5.74, 6) is 0.0553. The smallest absolute Gasteiger partial charge is 0.291 e. The molecule has 1 amide bonds. The second-order valence-electron chi connectivity index (χ2n) is 6.72. The molecule has 0 unspecified atom stereocenters. The second-order valence-corrected chi connectivity index (χ2v) is 8.66. The van der Waals surface area contributed by atoms with Crippen LogP contribution in [-0.4, -0.2) is 10.9 Å². The summed E-state index contributed by atoms with van der Waals surface area (Å²) in [4.78, 5) is 17.5. The number of thiazole rings is 1. The van der Waals surface area contributed by atoms with E-state index in [0.717, 1.165) is 36.2 Å². The third-order valence-electron chi connectivity index (χ3n) is 4.77. The van der Waals surface area contributed by atoms with Crippen molar-refractivity contribution in [3.63, 3.8) is 0 Å². The van der Waals surface area contributed by atoms with E-state index in [-0.39, 0.29) is 5.91 Å². The monoisotopic (exact) mass is 462 g/mol. The Kier molecular flexibility index (Phi) is 4.45. The van der Waals surface area contributed by atoms with Crippen LogP contribution < -0.4 is 5.32 Å². The minimum atomic E-state index is -0.267. The lowest BCUT2D eigenvalue weighted by Gasteiger charge is -2.05. The molecule has 5 rings (SSSR count). The minimum absolute atomic E-state index is 0.267. The number of nitrogens with zero attached hydrogens (tertiary/aromatic N) is 1. The topological polar surface area (TPSA) is 55.1 Å². The normalized spacial score (nSPS) is 11.2. The van der Waals surface area contributed by atoms with E-state index < -0.39 is 0 Å². The van der Waals surface area contributed by atoms with Crippen molar-refractivity contribution in [3.05, 3.63) is 82.5 Å². The van der Waals surface area contributed by atoms with E-state index >= 15 is 0 Å². The predicted octanol–water partition coefficient (Wildman–Crippen LogP) is 7.03. The number of carbonyl (C=O) groups excluding carboxylic acids is 1. The van der Waals surface area contributed by atoms with Crippen molar-refractivity contribution >= 4 is 60.0 Å². The van der Waals surface area contributed by atoms with Gasteiger partial charge in [-0.1, -0.05) is 40.2 Å². The van der Waals surface area contributed by atoms with Crippen molar-refractivity contribution in [3.8, 4) is 10.6 Å². The van der Waals surface area contributed by atoms with Crippen LogP contribution >= 0.6 is 27.3 Å². The van der Waals surface area contributed by atoms with E-state index in [1.807, 2.05) is 67.6 Å². The molecular formula is C23H15BrN2O2S. The van der Waals surface area contributed by atoms with E-state index in [9.17, 15) is 4.79 Å². The van der Waals surface area contributed by atoms with E-state index in [4.69, 9.17) is 9.40 Å². The number of hydrogen-bond acceptors (Lipinski definition) is 4. The summed E-state index contributed by atoms with van der Waals surface area (Å²) in [7, 11) is 0. The van der Waals surface area contributed by atoms with Crippen molar-refractivity contribution in [1.82, 2.24) is 4.98 Å². The lowest BCUT2D eigenvalue weighted by atomic mass is 10.1. The third kappa shape index (κ3) is 3.34. The second kappa shape index (κ2) is 7.13. The molecule has 0 saturated heterocycles. The number of benzene rings is 3. The van der Waals surface area contributed by atoms with Crippen molar-refractivity contribution in [2.75, 3.05) is 5.32 Å². The molecule has 0 spiro atoms. The van der Waals surface area contributed by atoms with Gasteiger partial charge in [0.15, 0.2) is 5.76 Å². The van der Waals surface area contributed by atoms with Gasteiger partial charge in [0.1, 0.15) is 10.6 Å². The number of hydrogen-bond donors (Lipinski definition) is 1. The molecule has 4 nitrogen and oxygen atoms in total. The molecule has 142 valence electrons. The average Bonchev–Trinajstić information content (AvgIpc) is 3.30. The maximum absolute atomic E-state index is 12.8. The number of rotatable bonds is 3. The molecule has 0 bridgehead atoms. The summed E-state index contributed by atoms with van der Waals surface area (Å²) in [5.41, 5.74) is 4.16. The largest absolute Gasteiger partial charge is 0.451 e. The Morgan fingerprint density at radius 2 is 1.93 bits per heavy atom. The molecule has 29 heavy (non-hydrogen) atoms. The Morgan fingerprint density at radius 1 is 1.07 bits per heavy atom. The number of para-hydroxylation sites is 1. The molecular weight excluding hydrogens is 448 g/mol. The zero-order chi connectivity index (χ0) is 20.0. The number of halogens is 1. The van der Waals surface area contributed by atoms with Crippen LogP contribution in [0.4, 0.5) is 5.69 Å². The van der Waals surface area contributed by atoms with Gasteiger partial charge in [0.05, 0.1) is 10.2 Å². The number of aromatic nitrogens is 1. The van der Waals surface area contributed by atoms with E-state index in [1.165, 1.54) is 0 Å². The molecule has 0 aliphatic rings. The van der Waals surface area contributed by atoms with E-state index in [0.29, 0.717) is 17.0 Å². The molecule has 2 aromatic heterocycles. The fraction of sp³-hybridized carbons (Fsp3) is 0.0435. The Labute approximate surface area is 179 Å². The van der Waals surface area contributed by atoms with Crippen LogP contribution in [-0.2, 0) is 0 Å². The van der Waals surface area contributed by atoms with Gasteiger partial charge < -0.3 is 9.73 Å². The first-order valence-electron chi connectivity index (χ1n) is 9.04. The maximum atomic E-state index is 12.8. The lowest BCUT2D eigenvalue weighted by molar-refractivity contribution is 0.0998. The molecule has 2 heterocycles. The van der Waals surface area contributed by atoms with E-state index in [2.05, 4.69) is 27.3 Å². The highest BCUT2D eigenvalue weighted by molar-refractivity contribution is 9.10. The zero-order valence-electron chi connectivity index (χ0n) is 15.4. The number of furan rings is 1. The summed E-state index contributed by atoms with van der Waals surface area (Å²) in [6, 6.07) is 21.5. The SMILES string of the molecule is Cc1c(C(=O)Nc2cccc(-c3nc4ccccc4s3)c2)oc2ccc(Br)cc12. The number of anilines is 1. The van der Waals surface area contributed by atoms with Crippen molar-refractivity contribution in [2.45, 2.75) is 6.92 Å². The number of carbonyl (C=O) groups is 1. The van der Waals surface area contributed by atoms with Gasteiger partial charge in [-0.25, -0.2) is 4.98 Å². The maximum Gasteiger partial charge on any atom is 0.291 e. The highest BCUT2D eigenvalue weighted by atomic mass is 79.9. The van der Waals surface area contributed by atoms with Crippen LogP contribution in [0, 0.1) is 6.92 Å². The van der Waals surface area contributed by atoms with Crippen molar-refractivity contribution in [1.29, 1.82) is 0 Å². The van der Waals surface area contributed by atoms with Crippen LogP contribution in [0.2, 0.25) is 0 Å². The highest BCUT2D eigenvalue weighted by Gasteiger charge is 2.18. The van der Waals surface area contributed by atoms with Crippen molar-refractivity contribution in [2.24, 2.45) is 0 Å². The molecule has 0 aliphatic heterocycles. The van der Waals surface area contributed by atoms with Gasteiger partial charge in [-0.05, 0) is 49.4 Å². The van der Waals surface area contributed by atoms with Gasteiger partial charge in [0.25, 0.3) is 5.91 Å². The molecule has 6 heteroatoms. The summed E-state index contributed by atoms with van der Waals surface area (Å²) >= 11 is 5.10. The summed E-state index contributed by atoms with van der Waals surface area (Å²) < 4.78 is 7.89. The Morgan fingerprint density at radius 3 is 2.79 bits per heavy atom. The quantitative estimate of drug-likeness (QED) is 0.313. The fourth-order valence-corrected chi connectivity index (χ4v) is 4.65. The Bertz CT molecular complexity index is 1350. The molecule has 3 aromatic carbocycles. The van der Waals surface area contributed by atoms with Crippen LogP contribution in [0.1, 0.15) is 16.1 Å². The first kappa shape index (κ1) is 18.1. The number of aryl methyl sites for hydroxylation is 1. The molecule has 5 aromatic rings. The molecule has 0 saturated carbocycles. The first-order valence-corrected chi connectivity index (χ1v) is 10.7. The molecule has 1 N–H and O–H groups in total. The van der Waals surface area contributed by atoms with E-state index in [1.54, 1.807) is 11.3 Å². The number of amides is 1.